The van der Waals surface area contributed by atoms with Crippen LogP contribution in [0.4, 0.5) is 5.13 Å². The Morgan fingerprint density at radius 3 is 2.54 bits per heavy atom. The van der Waals surface area contributed by atoms with Gasteiger partial charge in [0.1, 0.15) is 5.75 Å². The number of rotatable bonds is 8. The number of hydrogen-bond acceptors (Lipinski definition) is 7. The number of carbonyl (C=O) groups is 2. The minimum absolute atomic E-state index is 0.0262. The standard InChI is InChI=1S/C28H39N3O5S/c1-16(2)29-24(35)13-19-25-20(14-21-27(19,3)11-10-22(33)28(21,4)15-32)37-26(31-25)30-23(34)12-17-6-8-18(36-5)9-7-17/h6-9,16,19,21-22,32-33H,10-15H2,1-5H3,(H,29,35)(H,30,31,34). The van der Waals surface area contributed by atoms with Crippen LogP contribution in [0.1, 0.15) is 69.0 Å². The first-order valence-electron chi connectivity index (χ1n) is 13.0. The molecule has 1 heterocycles. The summed E-state index contributed by atoms with van der Waals surface area (Å²) in [5.41, 5.74) is 0.726. The number of nitrogens with one attached hydrogen (secondary N) is 2. The van der Waals surface area contributed by atoms with E-state index in [-0.39, 0.29) is 54.6 Å². The second-order valence-electron chi connectivity index (χ2n) is 11.4. The molecule has 5 unspecified atom stereocenters. The number of anilines is 1. The van der Waals surface area contributed by atoms with Crippen molar-refractivity contribution < 1.29 is 24.5 Å². The number of carbonyl (C=O) groups excluding carboxylic acids is 2. The zero-order chi connectivity index (χ0) is 27.0. The quantitative estimate of drug-likeness (QED) is 0.414. The Kier molecular flexibility index (Phi) is 7.97. The molecule has 2 aliphatic rings. The average Bonchev–Trinajstić information content (AvgIpc) is 3.24. The number of thiazole rings is 1. The van der Waals surface area contributed by atoms with E-state index in [9.17, 15) is 19.8 Å². The second-order valence-corrected chi connectivity index (χ2v) is 12.4. The van der Waals surface area contributed by atoms with Gasteiger partial charge in [-0.3, -0.25) is 9.59 Å². The summed E-state index contributed by atoms with van der Waals surface area (Å²) in [5, 5.41) is 27.8. The first-order valence-corrected chi connectivity index (χ1v) is 13.8. The first-order chi connectivity index (χ1) is 17.5. The van der Waals surface area contributed by atoms with Gasteiger partial charge in [0, 0.05) is 28.7 Å². The number of aliphatic hydroxyl groups excluding tert-OH is 2. The molecule has 1 aromatic carbocycles. The highest BCUT2D eigenvalue weighted by Gasteiger charge is 2.59. The van der Waals surface area contributed by atoms with Crippen molar-refractivity contribution in [3.63, 3.8) is 0 Å². The molecular formula is C28H39N3O5S. The number of ether oxygens (including phenoxy) is 1. The van der Waals surface area contributed by atoms with Crippen LogP contribution in [0.2, 0.25) is 0 Å². The molecule has 0 aliphatic heterocycles. The summed E-state index contributed by atoms with van der Waals surface area (Å²) in [6, 6.07) is 7.40. The number of methoxy groups -OCH3 is 1. The molecular weight excluding hydrogens is 490 g/mol. The Hall–Kier alpha value is -2.49. The molecule has 2 amide bonds. The van der Waals surface area contributed by atoms with Crippen LogP contribution in [-0.4, -0.2) is 52.9 Å². The molecule has 1 fully saturated rings. The predicted octanol–water partition coefficient (Wildman–Crippen LogP) is 3.66. The highest BCUT2D eigenvalue weighted by atomic mass is 32.1. The van der Waals surface area contributed by atoms with Gasteiger partial charge in [0.2, 0.25) is 11.8 Å². The van der Waals surface area contributed by atoms with Crippen LogP contribution >= 0.6 is 11.3 Å². The van der Waals surface area contributed by atoms with Gasteiger partial charge in [0.15, 0.2) is 5.13 Å². The van der Waals surface area contributed by atoms with E-state index < -0.39 is 11.5 Å². The van der Waals surface area contributed by atoms with Crippen molar-refractivity contribution >= 4 is 28.3 Å². The predicted molar refractivity (Wildman–Crippen MR) is 144 cm³/mol. The summed E-state index contributed by atoms with van der Waals surface area (Å²) in [6.07, 6.45) is 1.83. The third-order valence-corrected chi connectivity index (χ3v) is 9.51. The Labute approximate surface area is 222 Å². The number of nitrogens with zero attached hydrogens (tertiary/aromatic N) is 1. The fourth-order valence-corrected chi connectivity index (χ4v) is 7.44. The molecule has 2 aromatic rings. The Morgan fingerprint density at radius 1 is 1.22 bits per heavy atom. The molecule has 5 atom stereocenters. The summed E-state index contributed by atoms with van der Waals surface area (Å²) in [4.78, 5) is 31.7. The maximum atomic E-state index is 13.0. The van der Waals surface area contributed by atoms with E-state index in [1.54, 1.807) is 7.11 Å². The molecule has 202 valence electrons. The molecule has 37 heavy (non-hydrogen) atoms. The molecule has 0 bridgehead atoms. The summed E-state index contributed by atoms with van der Waals surface area (Å²) in [6.45, 7) is 7.88. The summed E-state index contributed by atoms with van der Waals surface area (Å²) in [5.74, 6) is 0.329. The molecule has 8 nitrogen and oxygen atoms in total. The van der Waals surface area contributed by atoms with Crippen molar-refractivity contribution in [3.8, 4) is 5.75 Å². The number of aromatic nitrogens is 1. The SMILES string of the molecule is COc1ccc(CC(=O)Nc2nc3c(s2)CC2C(C)(CO)C(O)CCC2(C)C3CC(=O)NC(C)C)cc1. The number of fused-ring (bicyclic) bond motifs is 2. The topological polar surface area (TPSA) is 121 Å². The molecule has 4 rings (SSSR count). The number of hydrogen-bond donors (Lipinski definition) is 4. The van der Waals surface area contributed by atoms with Crippen molar-refractivity contribution in [2.45, 2.75) is 77.9 Å². The van der Waals surface area contributed by atoms with E-state index in [1.165, 1.54) is 11.3 Å². The van der Waals surface area contributed by atoms with Gasteiger partial charge < -0.3 is 25.6 Å². The van der Waals surface area contributed by atoms with Crippen LogP contribution in [0.15, 0.2) is 24.3 Å². The first kappa shape index (κ1) is 27.5. The zero-order valence-corrected chi connectivity index (χ0v) is 23.2. The molecule has 0 spiro atoms. The normalized spacial score (nSPS) is 28.8. The maximum Gasteiger partial charge on any atom is 0.230 e. The Morgan fingerprint density at radius 2 is 1.92 bits per heavy atom. The number of amides is 2. The summed E-state index contributed by atoms with van der Waals surface area (Å²) >= 11 is 1.43. The van der Waals surface area contributed by atoms with Gasteiger partial charge in [0.25, 0.3) is 0 Å². The van der Waals surface area contributed by atoms with Crippen molar-refractivity contribution in [1.82, 2.24) is 10.3 Å². The van der Waals surface area contributed by atoms with Crippen molar-refractivity contribution in [2.24, 2.45) is 16.7 Å². The van der Waals surface area contributed by atoms with E-state index in [0.29, 0.717) is 18.0 Å². The summed E-state index contributed by atoms with van der Waals surface area (Å²) in [7, 11) is 1.60. The van der Waals surface area contributed by atoms with Crippen molar-refractivity contribution in [1.29, 1.82) is 0 Å². The Balaban J connectivity index is 1.63. The smallest absolute Gasteiger partial charge is 0.230 e. The third kappa shape index (κ3) is 5.40. The fourth-order valence-electron chi connectivity index (χ4n) is 6.36. The molecule has 4 N–H and O–H groups in total. The van der Waals surface area contributed by atoms with Crippen LogP contribution in [0, 0.1) is 16.7 Å². The van der Waals surface area contributed by atoms with Crippen LogP contribution in [0.25, 0.3) is 0 Å². The second kappa shape index (κ2) is 10.7. The largest absolute Gasteiger partial charge is 0.497 e. The van der Waals surface area contributed by atoms with E-state index in [1.807, 2.05) is 45.0 Å². The van der Waals surface area contributed by atoms with Gasteiger partial charge >= 0.3 is 0 Å². The minimum atomic E-state index is -0.681. The zero-order valence-electron chi connectivity index (χ0n) is 22.3. The van der Waals surface area contributed by atoms with Crippen LogP contribution in [0.3, 0.4) is 0 Å². The molecule has 0 radical (unpaired) electrons. The lowest BCUT2D eigenvalue weighted by molar-refractivity contribution is -0.144. The number of aliphatic hydroxyl groups is 2. The van der Waals surface area contributed by atoms with E-state index in [4.69, 9.17) is 9.72 Å². The van der Waals surface area contributed by atoms with Crippen LogP contribution in [-0.2, 0) is 22.4 Å². The van der Waals surface area contributed by atoms with Gasteiger partial charge in [-0.2, -0.15) is 0 Å². The molecule has 1 saturated carbocycles. The van der Waals surface area contributed by atoms with E-state index in [0.717, 1.165) is 28.3 Å². The van der Waals surface area contributed by atoms with Crippen LogP contribution < -0.4 is 15.4 Å². The molecule has 0 saturated heterocycles. The highest BCUT2D eigenvalue weighted by molar-refractivity contribution is 7.15. The van der Waals surface area contributed by atoms with Gasteiger partial charge in [0.05, 0.1) is 31.9 Å². The monoisotopic (exact) mass is 529 g/mol. The van der Waals surface area contributed by atoms with Gasteiger partial charge in [-0.1, -0.05) is 26.0 Å². The van der Waals surface area contributed by atoms with Crippen molar-refractivity contribution in [3.05, 3.63) is 40.4 Å². The minimum Gasteiger partial charge on any atom is -0.497 e. The van der Waals surface area contributed by atoms with Gasteiger partial charge in [-0.15, -0.1) is 11.3 Å². The summed E-state index contributed by atoms with van der Waals surface area (Å²) < 4.78 is 5.18. The Bertz CT molecular complexity index is 1130. The lowest BCUT2D eigenvalue weighted by Crippen LogP contribution is -2.57. The molecule has 1 aromatic heterocycles. The van der Waals surface area contributed by atoms with Gasteiger partial charge in [-0.25, -0.2) is 4.98 Å². The lowest BCUT2D eigenvalue weighted by Gasteiger charge is -2.58. The molecule has 2 aliphatic carbocycles. The lowest BCUT2D eigenvalue weighted by atomic mass is 9.47. The van der Waals surface area contributed by atoms with E-state index in [2.05, 4.69) is 17.6 Å². The maximum absolute atomic E-state index is 13.0. The van der Waals surface area contributed by atoms with Gasteiger partial charge in [-0.05, 0) is 62.1 Å². The van der Waals surface area contributed by atoms with Crippen LogP contribution in [0.5, 0.6) is 5.75 Å². The third-order valence-electron chi connectivity index (χ3n) is 8.50. The number of benzene rings is 1. The van der Waals surface area contributed by atoms with Crippen molar-refractivity contribution in [2.75, 3.05) is 19.0 Å². The average molecular weight is 530 g/mol. The fraction of sp³-hybridized carbons (Fsp3) is 0.607. The highest BCUT2D eigenvalue weighted by Crippen LogP contribution is 2.62. The molecule has 9 heteroatoms. The van der Waals surface area contributed by atoms with E-state index >= 15 is 0 Å².